The third-order valence-corrected chi connectivity index (χ3v) is 6.39. The SMILES string of the molecule is COc1ccccc1-c1csc2nc(CN(CCC(C)C)CC(O)COCC(C)C)[nH]c(=O)c12. The fourth-order valence-corrected chi connectivity index (χ4v) is 4.77. The maximum Gasteiger partial charge on any atom is 0.260 e. The molecule has 2 aromatic heterocycles. The molecule has 0 fully saturated rings. The van der Waals surface area contributed by atoms with Crippen LogP contribution in [0.2, 0.25) is 0 Å². The minimum Gasteiger partial charge on any atom is -0.496 e. The summed E-state index contributed by atoms with van der Waals surface area (Å²) >= 11 is 1.45. The molecule has 2 N–H and O–H groups in total. The number of aromatic nitrogens is 2. The Labute approximate surface area is 205 Å². The Kier molecular flexibility index (Phi) is 9.64. The summed E-state index contributed by atoms with van der Waals surface area (Å²) in [6.07, 6.45) is 0.392. The van der Waals surface area contributed by atoms with Crippen molar-refractivity contribution in [1.82, 2.24) is 14.9 Å². The average molecular weight is 488 g/mol. The molecule has 1 unspecified atom stereocenters. The number of ether oxygens (including phenoxy) is 2. The number of H-pyrrole nitrogens is 1. The number of hydrogen-bond donors (Lipinski definition) is 2. The van der Waals surface area contributed by atoms with Gasteiger partial charge in [0.25, 0.3) is 5.56 Å². The van der Waals surface area contributed by atoms with Gasteiger partial charge in [0.1, 0.15) is 16.4 Å². The number of fused-ring (bicyclic) bond motifs is 1. The van der Waals surface area contributed by atoms with E-state index in [0.29, 0.717) is 54.2 Å². The maximum atomic E-state index is 13.1. The third kappa shape index (κ3) is 7.12. The van der Waals surface area contributed by atoms with E-state index in [1.165, 1.54) is 11.3 Å². The van der Waals surface area contributed by atoms with E-state index < -0.39 is 6.10 Å². The van der Waals surface area contributed by atoms with Gasteiger partial charge < -0.3 is 19.6 Å². The summed E-state index contributed by atoms with van der Waals surface area (Å²) in [5.41, 5.74) is 1.54. The standard InChI is InChI=1S/C26H37N3O4S/c1-17(2)10-11-29(12-19(30)15-33-14-18(3)4)13-23-27-25(31)24-21(16-34-26(24)28-23)20-8-6-7-9-22(20)32-5/h6-9,16-19,30H,10-15H2,1-5H3,(H,27,28,31). The Morgan fingerprint density at radius 1 is 1.12 bits per heavy atom. The summed E-state index contributed by atoms with van der Waals surface area (Å²) in [5.74, 6) is 2.29. The summed E-state index contributed by atoms with van der Waals surface area (Å²) < 4.78 is 11.1. The van der Waals surface area contributed by atoms with Crippen molar-refractivity contribution in [2.24, 2.45) is 11.8 Å². The molecule has 186 valence electrons. The highest BCUT2D eigenvalue weighted by Crippen LogP contribution is 2.36. The first-order valence-corrected chi connectivity index (χ1v) is 12.8. The lowest BCUT2D eigenvalue weighted by Gasteiger charge is -2.25. The van der Waals surface area contributed by atoms with Crippen molar-refractivity contribution in [3.8, 4) is 16.9 Å². The van der Waals surface area contributed by atoms with Crippen LogP contribution in [-0.4, -0.2) is 59.5 Å². The van der Waals surface area contributed by atoms with E-state index in [2.05, 4.69) is 37.6 Å². The molecule has 8 heteroatoms. The topological polar surface area (TPSA) is 87.7 Å². The Balaban J connectivity index is 1.81. The van der Waals surface area contributed by atoms with Gasteiger partial charge >= 0.3 is 0 Å². The molecule has 0 radical (unpaired) electrons. The quantitative estimate of drug-likeness (QED) is 0.368. The van der Waals surface area contributed by atoms with E-state index in [4.69, 9.17) is 14.5 Å². The summed E-state index contributed by atoms with van der Waals surface area (Å²) in [6, 6.07) is 7.67. The number of aromatic amines is 1. The van der Waals surface area contributed by atoms with Crippen LogP contribution in [0.15, 0.2) is 34.4 Å². The molecule has 3 rings (SSSR count). The van der Waals surface area contributed by atoms with Crippen LogP contribution < -0.4 is 10.3 Å². The van der Waals surface area contributed by atoms with Crippen LogP contribution >= 0.6 is 11.3 Å². The second-order valence-electron chi connectivity index (χ2n) is 9.55. The van der Waals surface area contributed by atoms with Crippen LogP contribution in [0, 0.1) is 11.8 Å². The summed E-state index contributed by atoms with van der Waals surface area (Å²) in [6.45, 7) is 11.2. The van der Waals surface area contributed by atoms with Gasteiger partial charge in [-0.1, -0.05) is 45.9 Å². The number of nitrogens with one attached hydrogen (secondary N) is 1. The average Bonchev–Trinajstić information content (AvgIpc) is 3.21. The fraction of sp³-hybridized carbons (Fsp3) is 0.538. The van der Waals surface area contributed by atoms with Crippen molar-refractivity contribution in [3.05, 3.63) is 45.8 Å². The largest absolute Gasteiger partial charge is 0.496 e. The van der Waals surface area contributed by atoms with Crippen LogP contribution in [0.25, 0.3) is 21.3 Å². The summed E-state index contributed by atoms with van der Waals surface area (Å²) in [5, 5.41) is 13.0. The number of nitrogens with zero attached hydrogens (tertiary/aromatic N) is 2. The van der Waals surface area contributed by atoms with E-state index in [9.17, 15) is 9.90 Å². The highest BCUT2D eigenvalue weighted by atomic mass is 32.1. The van der Waals surface area contributed by atoms with Crippen molar-refractivity contribution in [2.45, 2.75) is 46.8 Å². The van der Waals surface area contributed by atoms with Gasteiger partial charge in [-0.15, -0.1) is 11.3 Å². The molecule has 0 aliphatic carbocycles. The maximum absolute atomic E-state index is 13.1. The van der Waals surface area contributed by atoms with E-state index in [0.717, 1.165) is 29.8 Å². The Hall–Kier alpha value is -2.26. The Morgan fingerprint density at radius 2 is 1.88 bits per heavy atom. The number of thiophene rings is 1. The molecule has 0 aliphatic rings. The van der Waals surface area contributed by atoms with Crippen molar-refractivity contribution >= 4 is 21.6 Å². The van der Waals surface area contributed by atoms with Gasteiger partial charge in [-0.3, -0.25) is 9.69 Å². The number of rotatable bonds is 13. The predicted molar refractivity (Wildman–Crippen MR) is 139 cm³/mol. The van der Waals surface area contributed by atoms with Crippen LogP contribution in [0.5, 0.6) is 5.75 Å². The number of hydrogen-bond acceptors (Lipinski definition) is 7. The first-order valence-electron chi connectivity index (χ1n) is 11.9. The molecule has 1 aromatic carbocycles. The Morgan fingerprint density at radius 3 is 2.59 bits per heavy atom. The van der Waals surface area contributed by atoms with E-state index in [1.807, 2.05) is 29.6 Å². The van der Waals surface area contributed by atoms with Crippen LogP contribution in [0.1, 0.15) is 39.9 Å². The molecule has 2 heterocycles. The second kappa shape index (κ2) is 12.4. The molecule has 0 aliphatic heterocycles. The molecule has 7 nitrogen and oxygen atoms in total. The number of benzene rings is 1. The fourth-order valence-electron chi connectivity index (χ4n) is 3.81. The highest BCUT2D eigenvalue weighted by Gasteiger charge is 2.18. The molecule has 0 spiro atoms. The van der Waals surface area contributed by atoms with Gasteiger partial charge in [0, 0.05) is 29.7 Å². The minimum absolute atomic E-state index is 0.160. The van der Waals surface area contributed by atoms with Crippen LogP contribution in [0.3, 0.4) is 0 Å². The number of methoxy groups -OCH3 is 1. The zero-order chi connectivity index (χ0) is 24.7. The molecule has 0 saturated heterocycles. The normalized spacial score (nSPS) is 12.9. The van der Waals surface area contributed by atoms with Crippen LogP contribution in [-0.2, 0) is 11.3 Å². The smallest absolute Gasteiger partial charge is 0.260 e. The first-order chi connectivity index (χ1) is 16.3. The highest BCUT2D eigenvalue weighted by molar-refractivity contribution is 7.17. The Bertz CT molecular complexity index is 1110. The monoisotopic (exact) mass is 487 g/mol. The van der Waals surface area contributed by atoms with Crippen molar-refractivity contribution in [2.75, 3.05) is 33.4 Å². The molecule has 0 amide bonds. The van der Waals surface area contributed by atoms with E-state index in [-0.39, 0.29) is 5.56 Å². The number of para-hydroxylation sites is 1. The second-order valence-corrected chi connectivity index (χ2v) is 10.4. The van der Waals surface area contributed by atoms with Crippen molar-refractivity contribution < 1.29 is 14.6 Å². The lowest BCUT2D eigenvalue weighted by molar-refractivity contribution is 0.00592. The third-order valence-electron chi connectivity index (χ3n) is 5.52. The molecular weight excluding hydrogens is 450 g/mol. The summed E-state index contributed by atoms with van der Waals surface area (Å²) in [7, 11) is 1.63. The first kappa shape index (κ1) is 26.3. The van der Waals surface area contributed by atoms with Gasteiger partial charge in [-0.05, 0) is 30.9 Å². The van der Waals surface area contributed by atoms with Crippen LogP contribution in [0.4, 0.5) is 0 Å². The lowest BCUT2D eigenvalue weighted by Crippen LogP contribution is -2.36. The number of aliphatic hydroxyl groups is 1. The number of aliphatic hydroxyl groups excluding tert-OH is 1. The molecule has 0 bridgehead atoms. The van der Waals surface area contributed by atoms with Gasteiger partial charge in [0.15, 0.2) is 0 Å². The zero-order valence-electron chi connectivity index (χ0n) is 20.8. The molecule has 34 heavy (non-hydrogen) atoms. The van der Waals surface area contributed by atoms with Gasteiger partial charge in [0.05, 0.1) is 31.8 Å². The molecule has 0 saturated carbocycles. The molecule has 1 atom stereocenters. The lowest BCUT2D eigenvalue weighted by atomic mass is 10.1. The molecular formula is C26H37N3O4S. The van der Waals surface area contributed by atoms with E-state index in [1.54, 1.807) is 7.11 Å². The van der Waals surface area contributed by atoms with Crippen molar-refractivity contribution in [1.29, 1.82) is 0 Å². The van der Waals surface area contributed by atoms with Gasteiger partial charge in [-0.25, -0.2) is 4.98 Å². The van der Waals surface area contributed by atoms with Crippen molar-refractivity contribution in [3.63, 3.8) is 0 Å². The molecule has 3 aromatic rings. The van der Waals surface area contributed by atoms with Gasteiger partial charge in [-0.2, -0.15) is 0 Å². The summed E-state index contributed by atoms with van der Waals surface area (Å²) in [4.78, 5) is 23.7. The minimum atomic E-state index is -0.597. The van der Waals surface area contributed by atoms with Gasteiger partial charge in [0.2, 0.25) is 0 Å². The van der Waals surface area contributed by atoms with E-state index >= 15 is 0 Å². The zero-order valence-corrected chi connectivity index (χ0v) is 21.7. The predicted octanol–water partition coefficient (Wildman–Crippen LogP) is 4.54.